The number of hydrogen-bond acceptors (Lipinski definition) is 2. The third kappa shape index (κ3) is 4.94. The molecule has 0 aliphatic heterocycles. The second-order valence-electron chi connectivity index (χ2n) is 8.99. The van der Waals surface area contributed by atoms with E-state index in [0.717, 1.165) is 39.7 Å². The highest BCUT2D eigenvalue weighted by Crippen LogP contribution is 2.39. The quantitative estimate of drug-likeness (QED) is 0.235. The van der Waals surface area contributed by atoms with Crippen molar-refractivity contribution in [1.82, 2.24) is 0 Å². The van der Waals surface area contributed by atoms with E-state index >= 15 is 0 Å². The average Bonchev–Trinajstić information content (AvgIpc) is 2.93. The number of rotatable bonds is 7. The van der Waals surface area contributed by atoms with E-state index in [1.807, 2.05) is 6.08 Å². The number of benzene rings is 5. The van der Waals surface area contributed by atoms with Gasteiger partial charge in [-0.25, -0.2) is 0 Å². The van der Waals surface area contributed by atoms with Crippen LogP contribution in [0.3, 0.4) is 0 Å². The second-order valence-corrected chi connectivity index (χ2v) is 8.99. The fourth-order valence-corrected chi connectivity index (χ4v) is 4.37. The van der Waals surface area contributed by atoms with E-state index in [4.69, 9.17) is 0 Å². The first kappa shape index (κ1) is 23.2. The van der Waals surface area contributed by atoms with Crippen molar-refractivity contribution in [3.63, 3.8) is 0 Å². The minimum absolute atomic E-state index is 1.10. The molecular formula is C34H30N2. The third-order valence-corrected chi connectivity index (χ3v) is 6.35. The molecule has 0 aliphatic rings. The van der Waals surface area contributed by atoms with Crippen LogP contribution in [0.1, 0.15) is 16.7 Å². The van der Waals surface area contributed by atoms with Crippen LogP contribution in [0.5, 0.6) is 0 Å². The molecule has 0 amide bonds. The zero-order valence-corrected chi connectivity index (χ0v) is 20.8. The van der Waals surface area contributed by atoms with Crippen LogP contribution in [0.2, 0.25) is 0 Å². The Balaban J connectivity index is 1.57. The van der Waals surface area contributed by atoms with Crippen LogP contribution < -0.4 is 9.80 Å². The highest BCUT2D eigenvalue weighted by Gasteiger charge is 2.15. The fraction of sp³-hybridized carbons (Fsp3) is 0.0588. The van der Waals surface area contributed by atoms with Crippen LogP contribution in [-0.4, -0.2) is 0 Å². The van der Waals surface area contributed by atoms with Gasteiger partial charge in [-0.2, -0.15) is 0 Å². The Morgan fingerprint density at radius 2 is 0.722 bits per heavy atom. The average molecular weight is 467 g/mol. The molecular weight excluding hydrogens is 436 g/mol. The Labute approximate surface area is 214 Å². The first-order chi connectivity index (χ1) is 17.6. The summed E-state index contributed by atoms with van der Waals surface area (Å²) in [6.07, 6.45) is 1.87. The zero-order valence-electron chi connectivity index (χ0n) is 20.8. The van der Waals surface area contributed by atoms with Crippen molar-refractivity contribution in [1.29, 1.82) is 0 Å². The minimum Gasteiger partial charge on any atom is -0.311 e. The Morgan fingerprint density at radius 3 is 1.08 bits per heavy atom. The molecule has 36 heavy (non-hydrogen) atoms. The van der Waals surface area contributed by atoms with Crippen LogP contribution in [0.4, 0.5) is 34.1 Å². The first-order valence-corrected chi connectivity index (χ1v) is 12.2. The van der Waals surface area contributed by atoms with Crippen LogP contribution in [-0.2, 0) is 0 Å². The molecule has 176 valence electrons. The zero-order chi connectivity index (χ0) is 24.9. The molecule has 0 fully saturated rings. The van der Waals surface area contributed by atoms with E-state index in [9.17, 15) is 0 Å². The number of nitrogens with zero attached hydrogens (tertiary/aromatic N) is 2. The van der Waals surface area contributed by atoms with Crippen LogP contribution in [0.15, 0.2) is 134 Å². The highest BCUT2D eigenvalue weighted by atomic mass is 15.2. The summed E-state index contributed by atoms with van der Waals surface area (Å²) in [6.45, 7) is 8.13. The largest absolute Gasteiger partial charge is 0.311 e. The van der Waals surface area contributed by atoms with E-state index in [1.54, 1.807) is 0 Å². The van der Waals surface area contributed by atoms with Gasteiger partial charge in [0.1, 0.15) is 0 Å². The van der Waals surface area contributed by atoms with Gasteiger partial charge in [0, 0.05) is 34.1 Å². The van der Waals surface area contributed by atoms with Crippen molar-refractivity contribution in [2.24, 2.45) is 0 Å². The molecule has 0 spiro atoms. The molecule has 0 N–H and O–H groups in total. The number of aryl methyl sites for hydroxylation is 2. The summed E-state index contributed by atoms with van der Waals surface area (Å²) < 4.78 is 0. The monoisotopic (exact) mass is 466 g/mol. The smallest absolute Gasteiger partial charge is 0.0463 e. The van der Waals surface area contributed by atoms with Crippen molar-refractivity contribution in [3.8, 4) is 0 Å². The van der Waals surface area contributed by atoms with Gasteiger partial charge in [-0.3, -0.25) is 0 Å². The van der Waals surface area contributed by atoms with Crippen molar-refractivity contribution >= 4 is 40.2 Å². The topological polar surface area (TPSA) is 6.48 Å². The lowest BCUT2D eigenvalue weighted by atomic mass is 10.1. The summed E-state index contributed by atoms with van der Waals surface area (Å²) in [5.74, 6) is 0. The van der Waals surface area contributed by atoms with Gasteiger partial charge in [0.05, 0.1) is 0 Å². The predicted octanol–water partition coefficient (Wildman–Crippen LogP) is 9.89. The van der Waals surface area contributed by atoms with Crippen LogP contribution in [0, 0.1) is 13.8 Å². The Hall–Kier alpha value is -4.56. The normalized spacial score (nSPS) is 10.6. The lowest BCUT2D eigenvalue weighted by molar-refractivity contribution is 1.25. The molecule has 0 aliphatic carbocycles. The number of hydrogen-bond donors (Lipinski definition) is 0. The molecule has 2 heteroatoms. The molecule has 0 heterocycles. The summed E-state index contributed by atoms with van der Waals surface area (Å²) in [6, 6.07) is 45.1. The maximum atomic E-state index is 3.89. The van der Waals surface area contributed by atoms with Gasteiger partial charge in [0.2, 0.25) is 0 Å². The molecule has 0 unspecified atom stereocenters. The number of anilines is 6. The van der Waals surface area contributed by atoms with E-state index in [2.05, 4.69) is 158 Å². The van der Waals surface area contributed by atoms with E-state index < -0.39 is 0 Å². The molecule has 0 atom stereocenters. The molecule has 5 aromatic rings. The van der Waals surface area contributed by atoms with E-state index in [0.29, 0.717) is 0 Å². The van der Waals surface area contributed by atoms with Gasteiger partial charge in [-0.05, 0) is 92.2 Å². The van der Waals surface area contributed by atoms with Crippen molar-refractivity contribution in [2.45, 2.75) is 13.8 Å². The van der Waals surface area contributed by atoms with Crippen LogP contribution in [0.25, 0.3) is 6.08 Å². The van der Waals surface area contributed by atoms with Gasteiger partial charge in [0.15, 0.2) is 0 Å². The summed E-state index contributed by atoms with van der Waals surface area (Å²) in [5, 5.41) is 0. The van der Waals surface area contributed by atoms with Gasteiger partial charge >= 0.3 is 0 Å². The molecule has 0 radical (unpaired) electrons. The van der Waals surface area contributed by atoms with Gasteiger partial charge in [-0.15, -0.1) is 0 Å². The summed E-state index contributed by atoms with van der Waals surface area (Å²) in [4.78, 5) is 4.58. The third-order valence-electron chi connectivity index (χ3n) is 6.35. The minimum atomic E-state index is 1.10. The molecule has 0 bridgehead atoms. The van der Waals surface area contributed by atoms with Crippen molar-refractivity contribution < 1.29 is 0 Å². The van der Waals surface area contributed by atoms with Crippen molar-refractivity contribution in [3.05, 3.63) is 151 Å². The van der Waals surface area contributed by atoms with Crippen molar-refractivity contribution in [2.75, 3.05) is 9.80 Å². The van der Waals surface area contributed by atoms with E-state index in [-0.39, 0.29) is 0 Å². The van der Waals surface area contributed by atoms with Gasteiger partial charge in [0.25, 0.3) is 0 Å². The standard InChI is InChI=1S/C34H30N2/c1-4-28-14-20-32(21-15-28)36(31-18-12-27(3)13-19-31)34-24-22-33(23-25-34)35(29-8-6-5-7-9-29)30-16-10-26(2)11-17-30/h4-25H,1H2,2-3H3. The van der Waals surface area contributed by atoms with Gasteiger partial charge < -0.3 is 9.80 Å². The summed E-state index contributed by atoms with van der Waals surface area (Å²) in [5.41, 5.74) is 10.3. The SMILES string of the molecule is C=Cc1ccc(N(c2ccc(C)cc2)c2ccc(N(c3ccccc3)c3ccc(C)cc3)cc2)cc1. The maximum Gasteiger partial charge on any atom is 0.0463 e. The number of para-hydroxylation sites is 1. The summed E-state index contributed by atoms with van der Waals surface area (Å²) >= 11 is 0. The van der Waals surface area contributed by atoms with E-state index in [1.165, 1.54) is 11.1 Å². The Bertz CT molecular complexity index is 1420. The first-order valence-electron chi connectivity index (χ1n) is 12.2. The lowest BCUT2D eigenvalue weighted by Crippen LogP contribution is -2.12. The maximum absolute atomic E-state index is 3.89. The predicted molar refractivity (Wildman–Crippen MR) is 155 cm³/mol. The molecule has 0 aromatic heterocycles. The van der Waals surface area contributed by atoms with Crippen LogP contribution >= 0.6 is 0 Å². The molecule has 5 aromatic carbocycles. The molecule has 0 saturated heterocycles. The highest BCUT2D eigenvalue weighted by molar-refractivity contribution is 5.81. The Kier molecular flexibility index (Phi) is 6.68. The molecule has 5 rings (SSSR count). The fourth-order valence-electron chi connectivity index (χ4n) is 4.37. The molecule has 0 saturated carbocycles. The lowest BCUT2D eigenvalue weighted by Gasteiger charge is -2.28. The second kappa shape index (κ2) is 10.4. The molecule has 2 nitrogen and oxygen atoms in total. The van der Waals surface area contributed by atoms with Gasteiger partial charge in [-0.1, -0.05) is 78.4 Å². The Morgan fingerprint density at radius 1 is 0.417 bits per heavy atom. The summed E-state index contributed by atoms with van der Waals surface area (Å²) in [7, 11) is 0.